The van der Waals surface area contributed by atoms with Gasteiger partial charge < -0.3 is 14.9 Å². The third-order valence-electron chi connectivity index (χ3n) is 5.33. The van der Waals surface area contributed by atoms with Gasteiger partial charge in [0, 0.05) is 31.1 Å². The maximum atomic E-state index is 11.4. The fraction of sp³-hybridized carbons (Fsp3) is 0.571. The molecule has 148 valence electrons. The summed E-state index contributed by atoms with van der Waals surface area (Å²) in [4.78, 5) is 13.7. The third-order valence-corrected chi connectivity index (χ3v) is 5.33. The van der Waals surface area contributed by atoms with Crippen molar-refractivity contribution in [2.45, 2.75) is 45.9 Å². The van der Waals surface area contributed by atoms with Crippen molar-refractivity contribution >= 4 is 6.29 Å². The first-order valence-electron chi connectivity index (χ1n) is 9.67. The molecule has 0 fully saturated rings. The fourth-order valence-corrected chi connectivity index (χ4v) is 3.86. The van der Waals surface area contributed by atoms with Crippen LogP contribution in [0.5, 0.6) is 0 Å². The van der Waals surface area contributed by atoms with E-state index in [0.29, 0.717) is 36.3 Å². The number of hydrogen-bond acceptors (Lipinski definition) is 6. The number of likely N-dealkylation sites (N-methyl/N-ethyl adjacent to an activating group) is 1. The average molecular weight is 373 g/mol. The van der Waals surface area contributed by atoms with Crippen LogP contribution in [-0.2, 0) is 9.53 Å². The molecule has 6 heteroatoms. The molecule has 2 aliphatic heterocycles. The Morgan fingerprint density at radius 2 is 2.11 bits per heavy atom. The second-order valence-electron chi connectivity index (χ2n) is 8.08. The number of nitrogens with zero attached hydrogens (tertiary/aromatic N) is 2. The summed E-state index contributed by atoms with van der Waals surface area (Å²) in [5, 5.41) is 12.5. The van der Waals surface area contributed by atoms with Crippen LogP contribution in [0.3, 0.4) is 0 Å². The molecule has 0 aromatic heterocycles. The largest absolute Gasteiger partial charge is 0.489 e. The van der Waals surface area contributed by atoms with E-state index in [2.05, 4.69) is 49.2 Å². The maximum Gasteiger partial charge on any atom is 0.152 e. The van der Waals surface area contributed by atoms with Gasteiger partial charge in [-0.2, -0.15) is 0 Å². The number of carbonyl (C=O) groups excluding carboxylic acids is 1. The summed E-state index contributed by atoms with van der Waals surface area (Å²) in [7, 11) is 2.10. The molecule has 2 heterocycles. The highest BCUT2D eigenvalue weighted by Gasteiger charge is 2.31. The van der Waals surface area contributed by atoms with Crippen molar-refractivity contribution in [3.8, 4) is 0 Å². The minimum absolute atomic E-state index is 0.0826. The molecule has 0 spiro atoms. The molecule has 0 aromatic carbocycles. The van der Waals surface area contributed by atoms with Crippen molar-refractivity contribution in [3.05, 3.63) is 46.4 Å². The molecule has 3 rings (SSSR count). The molecule has 6 nitrogen and oxygen atoms in total. The zero-order chi connectivity index (χ0) is 19.7. The number of nitrogens with one attached hydrogen (secondary N) is 1. The second-order valence-corrected chi connectivity index (χ2v) is 8.08. The van der Waals surface area contributed by atoms with Crippen LogP contribution in [0.4, 0.5) is 0 Å². The number of hydrazine groups is 1. The molecule has 0 bridgehead atoms. The van der Waals surface area contributed by atoms with Crippen molar-refractivity contribution in [2.75, 3.05) is 26.7 Å². The maximum absolute atomic E-state index is 11.4. The van der Waals surface area contributed by atoms with E-state index in [9.17, 15) is 9.90 Å². The summed E-state index contributed by atoms with van der Waals surface area (Å²) in [6.45, 7) is 10.5. The van der Waals surface area contributed by atoms with Gasteiger partial charge in [-0.3, -0.25) is 9.69 Å². The number of rotatable bonds is 6. The van der Waals surface area contributed by atoms with E-state index >= 15 is 0 Å². The Labute approximate surface area is 161 Å². The molecule has 0 amide bonds. The Morgan fingerprint density at radius 1 is 1.37 bits per heavy atom. The Hall–Kier alpha value is -1.89. The van der Waals surface area contributed by atoms with Crippen LogP contribution >= 0.6 is 0 Å². The molecule has 0 radical (unpaired) electrons. The molecule has 0 aromatic rings. The zero-order valence-electron chi connectivity index (χ0n) is 16.9. The summed E-state index contributed by atoms with van der Waals surface area (Å²) in [5.41, 5.74) is 7.54. The fourth-order valence-electron chi connectivity index (χ4n) is 3.86. The lowest BCUT2D eigenvalue weighted by Gasteiger charge is -2.29. The van der Waals surface area contributed by atoms with Crippen molar-refractivity contribution in [1.82, 2.24) is 15.3 Å². The van der Waals surface area contributed by atoms with Crippen molar-refractivity contribution in [2.24, 2.45) is 5.92 Å². The smallest absolute Gasteiger partial charge is 0.152 e. The number of aliphatic hydroxyl groups is 1. The minimum Gasteiger partial charge on any atom is -0.489 e. The molecule has 0 saturated carbocycles. The molecule has 3 atom stereocenters. The predicted octanol–water partition coefficient (Wildman–Crippen LogP) is 1.77. The van der Waals surface area contributed by atoms with Gasteiger partial charge in [-0.25, -0.2) is 5.43 Å². The first-order chi connectivity index (χ1) is 12.8. The van der Waals surface area contributed by atoms with Crippen LogP contribution in [0.25, 0.3) is 0 Å². The number of hydrogen-bond donors (Lipinski definition) is 2. The molecule has 27 heavy (non-hydrogen) atoms. The van der Waals surface area contributed by atoms with Gasteiger partial charge in [0.05, 0.1) is 17.4 Å². The highest BCUT2D eigenvalue weighted by molar-refractivity contribution is 5.77. The van der Waals surface area contributed by atoms with Crippen LogP contribution in [0, 0.1) is 5.92 Å². The predicted molar refractivity (Wildman–Crippen MR) is 106 cm³/mol. The lowest BCUT2D eigenvalue weighted by Crippen LogP contribution is -2.41. The summed E-state index contributed by atoms with van der Waals surface area (Å²) < 4.78 is 6.00. The van der Waals surface area contributed by atoms with E-state index in [4.69, 9.17) is 4.74 Å². The quantitative estimate of drug-likeness (QED) is 0.692. The van der Waals surface area contributed by atoms with E-state index < -0.39 is 6.10 Å². The van der Waals surface area contributed by atoms with Crippen LogP contribution in [0.15, 0.2) is 46.4 Å². The third kappa shape index (κ3) is 4.03. The van der Waals surface area contributed by atoms with E-state index in [1.807, 2.05) is 13.0 Å². The van der Waals surface area contributed by atoms with Gasteiger partial charge >= 0.3 is 0 Å². The lowest BCUT2D eigenvalue weighted by molar-refractivity contribution is -0.106. The van der Waals surface area contributed by atoms with Crippen LogP contribution < -0.4 is 5.43 Å². The van der Waals surface area contributed by atoms with E-state index in [1.165, 1.54) is 16.8 Å². The molecule has 1 aliphatic carbocycles. The van der Waals surface area contributed by atoms with Crippen molar-refractivity contribution in [1.29, 1.82) is 0 Å². The number of aliphatic hydroxyl groups excluding tert-OH is 1. The van der Waals surface area contributed by atoms with Gasteiger partial charge in [0.15, 0.2) is 6.29 Å². The topological polar surface area (TPSA) is 65.0 Å². The van der Waals surface area contributed by atoms with Crippen LogP contribution in [0.1, 0.15) is 27.7 Å². The molecule has 3 aliphatic rings. The Kier molecular flexibility index (Phi) is 5.89. The number of aldehydes is 1. The van der Waals surface area contributed by atoms with Crippen LogP contribution in [-0.4, -0.2) is 66.2 Å². The highest BCUT2D eigenvalue weighted by atomic mass is 16.5. The standard InChI is InChI=1S/C21H31N3O3/c1-13(2)24-19(8-15(4)22-24)17-10-23(5)9-16(17)12-27-20-7-6-14(3)21(26)18(20)11-25/h6-8,11,13-15,21-22,26H,9-10,12H2,1-5H3/t14?,15-,21?/m1/s1. The summed E-state index contributed by atoms with van der Waals surface area (Å²) in [5.74, 6) is 0.394. The molecule has 0 saturated heterocycles. The number of allylic oxidation sites excluding steroid dienone is 1. The van der Waals surface area contributed by atoms with E-state index in [-0.39, 0.29) is 5.92 Å². The summed E-state index contributed by atoms with van der Waals surface area (Å²) >= 11 is 0. The second kappa shape index (κ2) is 8.00. The molecular formula is C21H31N3O3. The number of carbonyl (C=O) groups is 1. The molecule has 2 unspecified atom stereocenters. The van der Waals surface area contributed by atoms with Gasteiger partial charge in [0.1, 0.15) is 12.4 Å². The van der Waals surface area contributed by atoms with Gasteiger partial charge in [-0.1, -0.05) is 13.0 Å². The highest BCUT2D eigenvalue weighted by Crippen LogP contribution is 2.31. The first-order valence-corrected chi connectivity index (χ1v) is 9.67. The monoisotopic (exact) mass is 373 g/mol. The van der Waals surface area contributed by atoms with E-state index in [1.54, 1.807) is 6.08 Å². The molecular weight excluding hydrogens is 342 g/mol. The van der Waals surface area contributed by atoms with E-state index in [0.717, 1.165) is 13.1 Å². The summed E-state index contributed by atoms with van der Waals surface area (Å²) in [6.07, 6.45) is 5.85. The summed E-state index contributed by atoms with van der Waals surface area (Å²) in [6, 6.07) is 0.648. The minimum atomic E-state index is -0.804. The van der Waals surface area contributed by atoms with Gasteiger partial charge in [-0.15, -0.1) is 0 Å². The normalized spacial score (nSPS) is 29.2. The Morgan fingerprint density at radius 3 is 2.78 bits per heavy atom. The van der Waals surface area contributed by atoms with Crippen LogP contribution in [0.2, 0.25) is 0 Å². The zero-order valence-corrected chi connectivity index (χ0v) is 16.9. The molecule has 2 N–H and O–H groups in total. The lowest BCUT2D eigenvalue weighted by atomic mass is 9.92. The SMILES string of the molecule is CC1C=CC(OCC2=C(C3=C[C@@H](C)NN3C(C)C)CN(C)C2)=C(C=O)C1O. The van der Waals surface area contributed by atoms with Crippen molar-refractivity contribution < 1.29 is 14.6 Å². The van der Waals surface area contributed by atoms with Gasteiger partial charge in [0.25, 0.3) is 0 Å². The Balaban J connectivity index is 1.83. The van der Waals surface area contributed by atoms with Gasteiger partial charge in [0.2, 0.25) is 0 Å². The van der Waals surface area contributed by atoms with Gasteiger partial charge in [-0.05, 0) is 51.1 Å². The van der Waals surface area contributed by atoms with Crippen molar-refractivity contribution in [3.63, 3.8) is 0 Å². The average Bonchev–Trinajstić information content (AvgIpc) is 3.18. The first kappa shape index (κ1) is 19.9. The number of ether oxygens (including phenoxy) is 1. The Bertz CT molecular complexity index is 720.